The topological polar surface area (TPSA) is 42.5 Å². The van der Waals surface area contributed by atoms with Gasteiger partial charge < -0.3 is 20.1 Å². The van der Waals surface area contributed by atoms with Gasteiger partial charge in [0.2, 0.25) is 0 Å². The lowest BCUT2D eigenvalue weighted by Gasteiger charge is -2.46. The zero-order valence-corrected chi connectivity index (χ0v) is 15.5. The Bertz CT molecular complexity index is 510. The highest BCUT2D eigenvalue weighted by molar-refractivity contribution is 5.42. The zero-order valence-electron chi connectivity index (χ0n) is 15.5. The maximum atomic E-state index is 5.66. The first kappa shape index (κ1) is 18.1. The lowest BCUT2D eigenvalue weighted by atomic mass is 9.79. The molecule has 0 unspecified atom stereocenters. The van der Waals surface area contributed by atoms with Gasteiger partial charge >= 0.3 is 0 Å². The molecular weight excluding hydrogens is 288 g/mol. The van der Waals surface area contributed by atoms with Crippen molar-refractivity contribution < 1.29 is 9.47 Å². The number of ether oxygens (including phenoxy) is 2. The molecule has 4 heteroatoms. The first-order chi connectivity index (χ1) is 10.7. The van der Waals surface area contributed by atoms with Crippen molar-refractivity contribution >= 4 is 0 Å². The van der Waals surface area contributed by atoms with Crippen LogP contribution >= 0.6 is 0 Å². The van der Waals surface area contributed by atoms with Crippen LogP contribution in [-0.4, -0.2) is 30.8 Å². The molecule has 2 N–H and O–H groups in total. The van der Waals surface area contributed by atoms with Crippen LogP contribution in [0.15, 0.2) is 18.2 Å². The van der Waals surface area contributed by atoms with Gasteiger partial charge in [-0.25, -0.2) is 0 Å². The number of benzene rings is 1. The second-order valence-corrected chi connectivity index (χ2v) is 7.80. The van der Waals surface area contributed by atoms with E-state index in [1.54, 1.807) is 7.11 Å². The highest BCUT2D eigenvalue weighted by Gasteiger charge is 2.37. The van der Waals surface area contributed by atoms with Crippen LogP contribution in [0.3, 0.4) is 0 Å². The Labute approximate surface area is 140 Å². The Kier molecular flexibility index (Phi) is 5.58. The molecule has 0 aliphatic carbocycles. The van der Waals surface area contributed by atoms with E-state index in [9.17, 15) is 0 Å². The molecule has 1 aliphatic heterocycles. The molecule has 0 saturated carbocycles. The number of rotatable bonds is 6. The Hall–Kier alpha value is -1.26. The first-order valence-electron chi connectivity index (χ1n) is 8.57. The van der Waals surface area contributed by atoms with Gasteiger partial charge in [0, 0.05) is 23.7 Å². The van der Waals surface area contributed by atoms with Crippen molar-refractivity contribution in [2.24, 2.45) is 0 Å². The fourth-order valence-corrected chi connectivity index (χ4v) is 3.83. The normalized spacial score (nSPS) is 20.3. The summed E-state index contributed by atoms with van der Waals surface area (Å²) >= 11 is 0. The molecule has 0 atom stereocenters. The standard InChI is InChI=1S/C19H32N2O2/c1-7-23-17-10-14(8-9-16(17)22-6)13-20-15-11-18(2,3)21-19(4,5)12-15/h8-10,15,20-21H,7,11-13H2,1-6H3. The minimum Gasteiger partial charge on any atom is -0.493 e. The molecule has 23 heavy (non-hydrogen) atoms. The second-order valence-electron chi connectivity index (χ2n) is 7.80. The summed E-state index contributed by atoms with van der Waals surface area (Å²) in [6, 6.07) is 6.68. The summed E-state index contributed by atoms with van der Waals surface area (Å²) in [7, 11) is 1.68. The third-order valence-electron chi connectivity index (χ3n) is 4.31. The van der Waals surface area contributed by atoms with Gasteiger partial charge in [0.05, 0.1) is 13.7 Å². The van der Waals surface area contributed by atoms with E-state index in [-0.39, 0.29) is 11.1 Å². The van der Waals surface area contributed by atoms with E-state index >= 15 is 0 Å². The zero-order chi connectivity index (χ0) is 17.1. The van der Waals surface area contributed by atoms with Crippen molar-refractivity contribution in [2.75, 3.05) is 13.7 Å². The number of hydrogen-bond donors (Lipinski definition) is 2. The number of nitrogens with one attached hydrogen (secondary N) is 2. The van der Waals surface area contributed by atoms with Crippen LogP contribution in [0.4, 0.5) is 0 Å². The fraction of sp³-hybridized carbons (Fsp3) is 0.684. The Morgan fingerprint density at radius 1 is 1.13 bits per heavy atom. The SMILES string of the molecule is CCOc1cc(CNC2CC(C)(C)NC(C)(C)C2)ccc1OC. The molecule has 130 valence electrons. The van der Waals surface area contributed by atoms with Crippen LogP contribution in [0.2, 0.25) is 0 Å². The van der Waals surface area contributed by atoms with Gasteiger partial charge in [-0.15, -0.1) is 0 Å². The smallest absolute Gasteiger partial charge is 0.161 e. The molecule has 2 rings (SSSR count). The summed E-state index contributed by atoms with van der Waals surface area (Å²) in [5, 5.41) is 7.44. The number of methoxy groups -OCH3 is 1. The van der Waals surface area contributed by atoms with Crippen LogP contribution in [0, 0.1) is 0 Å². The van der Waals surface area contributed by atoms with E-state index in [4.69, 9.17) is 9.47 Å². The molecule has 1 heterocycles. The van der Waals surface area contributed by atoms with E-state index in [0.717, 1.165) is 30.9 Å². The summed E-state index contributed by atoms with van der Waals surface area (Å²) in [6.45, 7) is 12.6. The maximum absolute atomic E-state index is 5.66. The first-order valence-corrected chi connectivity index (χ1v) is 8.57. The van der Waals surface area contributed by atoms with Gasteiger partial charge in [-0.2, -0.15) is 0 Å². The highest BCUT2D eigenvalue weighted by atomic mass is 16.5. The summed E-state index contributed by atoms with van der Waals surface area (Å²) < 4.78 is 11.0. The van der Waals surface area contributed by atoms with Crippen molar-refractivity contribution in [2.45, 2.75) is 71.1 Å². The summed E-state index contributed by atoms with van der Waals surface area (Å²) in [5.74, 6) is 1.61. The molecule has 0 bridgehead atoms. The largest absolute Gasteiger partial charge is 0.493 e. The third kappa shape index (κ3) is 5.11. The Balaban J connectivity index is 2.01. The molecule has 1 saturated heterocycles. The molecule has 1 fully saturated rings. The third-order valence-corrected chi connectivity index (χ3v) is 4.31. The Morgan fingerprint density at radius 3 is 2.35 bits per heavy atom. The van der Waals surface area contributed by atoms with Gasteiger partial charge in [-0.3, -0.25) is 0 Å². The average molecular weight is 320 g/mol. The molecule has 1 aliphatic rings. The quantitative estimate of drug-likeness (QED) is 0.842. The van der Waals surface area contributed by atoms with Gasteiger partial charge in [-0.1, -0.05) is 6.07 Å². The molecule has 0 spiro atoms. The maximum Gasteiger partial charge on any atom is 0.161 e. The lowest BCUT2D eigenvalue weighted by Crippen LogP contribution is -2.61. The van der Waals surface area contributed by atoms with E-state index in [1.165, 1.54) is 5.56 Å². The molecule has 0 radical (unpaired) electrons. The van der Waals surface area contributed by atoms with E-state index in [2.05, 4.69) is 50.5 Å². The van der Waals surface area contributed by atoms with Gasteiger partial charge in [0.15, 0.2) is 11.5 Å². The summed E-state index contributed by atoms with van der Waals surface area (Å²) in [5.41, 5.74) is 1.55. The van der Waals surface area contributed by atoms with Gasteiger partial charge in [-0.05, 0) is 65.2 Å². The fourth-order valence-electron chi connectivity index (χ4n) is 3.83. The van der Waals surface area contributed by atoms with Crippen LogP contribution in [-0.2, 0) is 6.54 Å². The van der Waals surface area contributed by atoms with E-state index in [1.807, 2.05) is 13.0 Å². The predicted octanol–water partition coefficient (Wildman–Crippen LogP) is 3.49. The van der Waals surface area contributed by atoms with E-state index in [0.29, 0.717) is 12.6 Å². The minimum absolute atomic E-state index is 0.163. The molecular formula is C19H32N2O2. The van der Waals surface area contributed by atoms with Crippen LogP contribution in [0.1, 0.15) is 53.0 Å². The van der Waals surface area contributed by atoms with Crippen LogP contribution in [0.25, 0.3) is 0 Å². The van der Waals surface area contributed by atoms with Gasteiger partial charge in [0.1, 0.15) is 0 Å². The Morgan fingerprint density at radius 2 is 1.78 bits per heavy atom. The molecule has 0 amide bonds. The van der Waals surface area contributed by atoms with Crippen molar-refractivity contribution in [1.29, 1.82) is 0 Å². The monoisotopic (exact) mass is 320 g/mol. The number of hydrogen-bond acceptors (Lipinski definition) is 4. The highest BCUT2D eigenvalue weighted by Crippen LogP contribution is 2.30. The van der Waals surface area contributed by atoms with Crippen molar-refractivity contribution in [3.63, 3.8) is 0 Å². The molecule has 0 aromatic heterocycles. The van der Waals surface area contributed by atoms with Crippen molar-refractivity contribution in [3.8, 4) is 11.5 Å². The van der Waals surface area contributed by atoms with Crippen molar-refractivity contribution in [1.82, 2.24) is 10.6 Å². The van der Waals surface area contributed by atoms with Crippen molar-refractivity contribution in [3.05, 3.63) is 23.8 Å². The molecule has 1 aromatic carbocycles. The molecule has 1 aromatic rings. The number of piperidine rings is 1. The minimum atomic E-state index is 0.163. The van der Waals surface area contributed by atoms with E-state index < -0.39 is 0 Å². The predicted molar refractivity (Wildman–Crippen MR) is 95.3 cm³/mol. The second kappa shape index (κ2) is 7.10. The van der Waals surface area contributed by atoms with Crippen LogP contribution in [0.5, 0.6) is 11.5 Å². The average Bonchev–Trinajstić information content (AvgIpc) is 2.42. The summed E-state index contributed by atoms with van der Waals surface area (Å²) in [6.07, 6.45) is 2.26. The summed E-state index contributed by atoms with van der Waals surface area (Å²) in [4.78, 5) is 0. The van der Waals surface area contributed by atoms with Gasteiger partial charge in [0.25, 0.3) is 0 Å². The van der Waals surface area contributed by atoms with Crippen LogP contribution < -0.4 is 20.1 Å². The molecule has 4 nitrogen and oxygen atoms in total. The lowest BCUT2D eigenvalue weighted by molar-refractivity contribution is 0.145.